The smallest absolute Gasteiger partial charge is 0.293 e. The number of piperazine rings is 2. The predicted octanol–water partition coefficient (Wildman–Crippen LogP) is 2.23. The molecule has 2 aliphatic heterocycles. The van der Waals surface area contributed by atoms with Gasteiger partial charge in [-0.25, -0.2) is 0 Å². The van der Waals surface area contributed by atoms with E-state index in [0.717, 1.165) is 11.4 Å². The van der Waals surface area contributed by atoms with Crippen LogP contribution in [-0.4, -0.2) is 86.0 Å². The molecule has 2 amide bonds. The van der Waals surface area contributed by atoms with Crippen molar-refractivity contribution in [3.05, 3.63) is 58.1 Å². The van der Waals surface area contributed by atoms with E-state index in [0.29, 0.717) is 63.6 Å². The summed E-state index contributed by atoms with van der Waals surface area (Å²) < 4.78 is 5.20. The van der Waals surface area contributed by atoms with Crippen LogP contribution in [0.25, 0.3) is 0 Å². The normalized spacial score (nSPS) is 16.4. The number of methoxy groups -OCH3 is 1. The lowest BCUT2D eigenvalue weighted by Crippen LogP contribution is -2.49. The van der Waals surface area contributed by atoms with Crippen LogP contribution in [0.15, 0.2) is 42.5 Å². The average molecular weight is 468 g/mol. The van der Waals surface area contributed by atoms with Gasteiger partial charge in [-0.15, -0.1) is 0 Å². The first-order chi connectivity index (χ1) is 16.4. The molecule has 2 heterocycles. The minimum atomic E-state index is -0.439. The first-order valence-electron chi connectivity index (χ1n) is 11.3. The van der Waals surface area contributed by atoms with Gasteiger partial charge in [-0.1, -0.05) is 0 Å². The molecule has 0 atom stereocenters. The topological polar surface area (TPSA) is 99.5 Å². The number of amides is 2. The van der Waals surface area contributed by atoms with E-state index in [-0.39, 0.29) is 17.5 Å². The Hall–Kier alpha value is -3.82. The Kier molecular flexibility index (Phi) is 6.85. The molecule has 0 aliphatic carbocycles. The number of anilines is 2. The van der Waals surface area contributed by atoms with Crippen LogP contribution in [0.4, 0.5) is 17.1 Å². The lowest BCUT2D eigenvalue weighted by Gasteiger charge is -2.36. The van der Waals surface area contributed by atoms with Crippen molar-refractivity contribution in [2.75, 3.05) is 69.3 Å². The van der Waals surface area contributed by atoms with Gasteiger partial charge in [-0.05, 0) is 36.4 Å². The second kappa shape index (κ2) is 9.98. The first kappa shape index (κ1) is 23.3. The van der Waals surface area contributed by atoms with Crippen LogP contribution in [0.5, 0.6) is 5.75 Å². The minimum absolute atomic E-state index is 0.00202. The molecule has 0 radical (unpaired) electrons. The highest BCUT2D eigenvalue weighted by Gasteiger charge is 2.28. The Morgan fingerprint density at radius 1 is 0.853 bits per heavy atom. The van der Waals surface area contributed by atoms with E-state index in [9.17, 15) is 19.7 Å². The molecule has 2 aliphatic rings. The van der Waals surface area contributed by atoms with Gasteiger partial charge in [-0.3, -0.25) is 19.7 Å². The number of ether oxygens (including phenoxy) is 1. The molecule has 0 saturated carbocycles. The summed E-state index contributed by atoms with van der Waals surface area (Å²) in [7, 11) is 1.63. The van der Waals surface area contributed by atoms with Crippen LogP contribution in [0.3, 0.4) is 0 Å². The molecule has 0 unspecified atom stereocenters. The number of hydrogen-bond donors (Lipinski definition) is 0. The molecule has 2 aromatic rings. The fourth-order valence-electron chi connectivity index (χ4n) is 4.48. The van der Waals surface area contributed by atoms with Gasteiger partial charge in [0.1, 0.15) is 11.4 Å². The number of rotatable bonds is 5. The number of nitro groups is 1. The largest absolute Gasteiger partial charge is 0.497 e. The van der Waals surface area contributed by atoms with Gasteiger partial charge in [0, 0.05) is 76.6 Å². The van der Waals surface area contributed by atoms with Crippen LogP contribution >= 0.6 is 0 Å². The third-order valence-electron chi connectivity index (χ3n) is 6.49. The molecule has 10 heteroatoms. The summed E-state index contributed by atoms with van der Waals surface area (Å²) in [5, 5.41) is 11.8. The summed E-state index contributed by atoms with van der Waals surface area (Å²) >= 11 is 0. The number of carbonyl (C=O) groups excluding carboxylic acids is 2. The third-order valence-corrected chi connectivity index (χ3v) is 6.49. The first-order valence-corrected chi connectivity index (χ1v) is 11.3. The van der Waals surface area contributed by atoms with Gasteiger partial charge in [0.05, 0.1) is 12.0 Å². The Bertz CT molecular complexity index is 1060. The lowest BCUT2D eigenvalue weighted by molar-refractivity contribution is -0.384. The molecule has 0 N–H and O–H groups in total. The summed E-state index contributed by atoms with van der Waals surface area (Å²) in [4.78, 5) is 43.6. The fourth-order valence-corrected chi connectivity index (χ4v) is 4.48. The Morgan fingerprint density at radius 2 is 1.44 bits per heavy atom. The van der Waals surface area contributed by atoms with Gasteiger partial charge in [0.15, 0.2) is 0 Å². The van der Waals surface area contributed by atoms with Gasteiger partial charge in [0.2, 0.25) is 5.91 Å². The molecule has 0 spiro atoms. The van der Waals surface area contributed by atoms with Gasteiger partial charge < -0.3 is 24.3 Å². The Balaban J connectivity index is 1.43. The zero-order valence-corrected chi connectivity index (χ0v) is 19.5. The summed E-state index contributed by atoms with van der Waals surface area (Å²) in [5.41, 5.74) is 1.78. The zero-order chi connectivity index (χ0) is 24.2. The van der Waals surface area contributed by atoms with Crippen LogP contribution < -0.4 is 14.5 Å². The molecule has 10 nitrogen and oxygen atoms in total. The Labute approximate surface area is 198 Å². The average Bonchev–Trinajstić information content (AvgIpc) is 2.88. The second-order valence-corrected chi connectivity index (χ2v) is 8.43. The van der Waals surface area contributed by atoms with E-state index in [4.69, 9.17) is 4.74 Å². The maximum absolute atomic E-state index is 13.1. The fraction of sp³-hybridized carbons (Fsp3) is 0.417. The highest BCUT2D eigenvalue weighted by Crippen LogP contribution is 2.31. The molecular weight excluding hydrogens is 438 g/mol. The molecule has 180 valence electrons. The van der Waals surface area contributed by atoms with Crippen molar-refractivity contribution in [1.29, 1.82) is 0 Å². The molecule has 2 aromatic carbocycles. The second-order valence-electron chi connectivity index (χ2n) is 8.43. The van der Waals surface area contributed by atoms with Crippen molar-refractivity contribution in [3.63, 3.8) is 0 Å². The number of benzene rings is 2. The van der Waals surface area contributed by atoms with E-state index in [1.807, 2.05) is 29.2 Å². The predicted molar refractivity (Wildman–Crippen MR) is 129 cm³/mol. The quantitative estimate of drug-likeness (QED) is 0.491. The molecule has 34 heavy (non-hydrogen) atoms. The number of nitro benzene ring substituents is 1. The van der Waals surface area contributed by atoms with Crippen molar-refractivity contribution >= 4 is 28.9 Å². The highest BCUT2D eigenvalue weighted by molar-refractivity contribution is 5.96. The van der Waals surface area contributed by atoms with Crippen molar-refractivity contribution in [2.45, 2.75) is 6.92 Å². The van der Waals surface area contributed by atoms with Crippen LogP contribution in [-0.2, 0) is 4.79 Å². The monoisotopic (exact) mass is 467 g/mol. The van der Waals surface area contributed by atoms with E-state index in [1.54, 1.807) is 29.0 Å². The highest BCUT2D eigenvalue weighted by atomic mass is 16.6. The molecule has 0 aromatic heterocycles. The summed E-state index contributed by atoms with van der Waals surface area (Å²) in [5.74, 6) is 0.593. The Morgan fingerprint density at radius 3 is 2.00 bits per heavy atom. The van der Waals surface area contributed by atoms with E-state index < -0.39 is 4.92 Å². The van der Waals surface area contributed by atoms with Gasteiger partial charge in [0.25, 0.3) is 11.6 Å². The molecular formula is C24H29N5O5. The van der Waals surface area contributed by atoms with Gasteiger partial charge in [-0.2, -0.15) is 0 Å². The number of hydrogen-bond acceptors (Lipinski definition) is 7. The maximum atomic E-state index is 13.1. The van der Waals surface area contributed by atoms with Crippen LogP contribution in [0.2, 0.25) is 0 Å². The van der Waals surface area contributed by atoms with Crippen molar-refractivity contribution < 1.29 is 19.2 Å². The SMILES string of the molecule is COc1ccc(N2CCN(C(=O)c3ccc(N4CCN(C(C)=O)CC4)c([N+](=O)[O-])c3)CC2)cc1. The number of carbonyl (C=O) groups is 2. The van der Waals surface area contributed by atoms with E-state index in [2.05, 4.69) is 4.90 Å². The zero-order valence-electron chi connectivity index (χ0n) is 19.5. The van der Waals surface area contributed by atoms with E-state index in [1.165, 1.54) is 13.0 Å². The van der Waals surface area contributed by atoms with Crippen molar-refractivity contribution in [1.82, 2.24) is 9.80 Å². The molecule has 0 bridgehead atoms. The maximum Gasteiger partial charge on any atom is 0.293 e. The molecule has 4 rings (SSSR count). The van der Waals surface area contributed by atoms with Crippen molar-refractivity contribution in [3.8, 4) is 5.75 Å². The van der Waals surface area contributed by atoms with Crippen molar-refractivity contribution in [2.24, 2.45) is 0 Å². The summed E-state index contributed by atoms with van der Waals surface area (Å²) in [6.45, 7) is 6.02. The van der Waals surface area contributed by atoms with Crippen LogP contribution in [0, 0.1) is 10.1 Å². The molecule has 2 saturated heterocycles. The number of nitrogens with zero attached hydrogens (tertiary/aromatic N) is 5. The third kappa shape index (κ3) is 4.90. The van der Waals surface area contributed by atoms with Crippen LogP contribution in [0.1, 0.15) is 17.3 Å². The summed E-state index contributed by atoms with van der Waals surface area (Å²) in [6.07, 6.45) is 0. The van der Waals surface area contributed by atoms with E-state index >= 15 is 0 Å². The molecule has 2 fully saturated rings. The van der Waals surface area contributed by atoms with Gasteiger partial charge >= 0.3 is 0 Å². The standard InChI is InChI=1S/C24H29N5O5/c1-18(30)25-9-13-27(14-10-25)22-8-3-19(17-23(22)29(32)33)24(31)28-15-11-26(12-16-28)20-4-6-21(34-2)7-5-20/h3-8,17H,9-16H2,1-2H3. The minimum Gasteiger partial charge on any atom is -0.497 e. The summed E-state index contributed by atoms with van der Waals surface area (Å²) in [6, 6.07) is 12.5. The lowest BCUT2D eigenvalue weighted by atomic mass is 10.1.